The van der Waals surface area contributed by atoms with Crippen molar-refractivity contribution in [2.75, 3.05) is 0 Å². The van der Waals surface area contributed by atoms with Crippen molar-refractivity contribution in [1.29, 1.82) is 0 Å². The number of nitrogens with two attached hydrogens (primary N) is 1. The Hall–Kier alpha value is -0.840. The fourth-order valence-corrected chi connectivity index (χ4v) is 1.45. The van der Waals surface area contributed by atoms with Gasteiger partial charge in [-0.3, -0.25) is 5.43 Å². The zero-order valence-electron chi connectivity index (χ0n) is 7.92. The van der Waals surface area contributed by atoms with Crippen LogP contribution < -0.4 is 11.2 Å². The van der Waals surface area contributed by atoms with Gasteiger partial charge >= 0.3 is 0 Å². The second-order valence-electron chi connectivity index (χ2n) is 2.80. The van der Waals surface area contributed by atoms with Crippen LogP contribution in [-0.2, 0) is 0 Å². The summed E-state index contributed by atoms with van der Waals surface area (Å²) in [5.41, 5.74) is 9.13. The van der Waals surface area contributed by atoms with Crippen LogP contribution in [-0.4, -0.2) is 10.8 Å². The molecule has 0 spiro atoms. The zero-order chi connectivity index (χ0) is 11.4. The van der Waals surface area contributed by atoms with Gasteiger partial charge in [0.1, 0.15) is 0 Å². The Kier molecular flexibility index (Phi) is 4.32. The normalized spacial score (nSPS) is 11.3. The molecule has 0 amide bonds. The van der Waals surface area contributed by atoms with Gasteiger partial charge in [0.25, 0.3) is 0 Å². The van der Waals surface area contributed by atoms with Crippen LogP contribution in [0.2, 0.25) is 10.0 Å². The Morgan fingerprint density at radius 1 is 1.47 bits per heavy atom. The standard InChI is InChI=1S/C9H9Cl2N3S/c1-5(13-14-9(12)15)7-4-6(10)2-3-8(7)11/h2-4H,1H3,(H3,12,14,15). The van der Waals surface area contributed by atoms with Crippen molar-refractivity contribution in [1.82, 2.24) is 5.43 Å². The van der Waals surface area contributed by atoms with E-state index < -0.39 is 0 Å². The lowest BCUT2D eigenvalue weighted by atomic mass is 10.1. The van der Waals surface area contributed by atoms with Crippen molar-refractivity contribution in [3.8, 4) is 0 Å². The first-order chi connectivity index (χ1) is 7.00. The molecule has 0 aromatic heterocycles. The largest absolute Gasteiger partial charge is 0.375 e. The summed E-state index contributed by atoms with van der Waals surface area (Å²) < 4.78 is 0. The molecule has 0 saturated carbocycles. The Morgan fingerprint density at radius 2 is 2.13 bits per heavy atom. The van der Waals surface area contributed by atoms with Crippen LogP contribution in [0.3, 0.4) is 0 Å². The van der Waals surface area contributed by atoms with Gasteiger partial charge < -0.3 is 5.73 Å². The van der Waals surface area contributed by atoms with Gasteiger partial charge in [-0.2, -0.15) is 5.10 Å². The number of halogens is 2. The van der Waals surface area contributed by atoms with Crippen LogP contribution in [0.1, 0.15) is 12.5 Å². The maximum atomic E-state index is 5.98. The highest BCUT2D eigenvalue weighted by atomic mass is 35.5. The van der Waals surface area contributed by atoms with Gasteiger partial charge in [-0.1, -0.05) is 23.2 Å². The molecular formula is C9H9Cl2N3S. The van der Waals surface area contributed by atoms with Crippen LogP contribution in [0.5, 0.6) is 0 Å². The molecule has 0 saturated heterocycles. The van der Waals surface area contributed by atoms with Crippen molar-refractivity contribution < 1.29 is 0 Å². The molecule has 15 heavy (non-hydrogen) atoms. The number of thiocarbonyl (C=S) groups is 1. The van der Waals surface area contributed by atoms with Gasteiger partial charge in [-0.15, -0.1) is 0 Å². The van der Waals surface area contributed by atoms with E-state index >= 15 is 0 Å². The summed E-state index contributed by atoms with van der Waals surface area (Å²) in [5, 5.41) is 5.23. The van der Waals surface area contributed by atoms with E-state index in [0.29, 0.717) is 15.8 Å². The van der Waals surface area contributed by atoms with E-state index in [2.05, 4.69) is 22.7 Å². The average Bonchev–Trinajstić information content (AvgIpc) is 2.18. The van der Waals surface area contributed by atoms with Crippen LogP contribution in [0.4, 0.5) is 0 Å². The molecular weight excluding hydrogens is 253 g/mol. The molecule has 0 bridgehead atoms. The van der Waals surface area contributed by atoms with Gasteiger partial charge in [-0.25, -0.2) is 0 Å². The average molecular weight is 262 g/mol. The summed E-state index contributed by atoms with van der Waals surface area (Å²) in [6.45, 7) is 1.78. The summed E-state index contributed by atoms with van der Waals surface area (Å²) in [6, 6.07) is 5.14. The first-order valence-electron chi connectivity index (χ1n) is 4.06. The Balaban J connectivity index is 2.99. The number of hydrogen-bond donors (Lipinski definition) is 2. The van der Waals surface area contributed by atoms with Gasteiger partial charge in [0.15, 0.2) is 5.11 Å². The minimum absolute atomic E-state index is 0.104. The molecule has 0 fully saturated rings. The summed E-state index contributed by atoms with van der Waals surface area (Å²) in [5.74, 6) is 0. The minimum Gasteiger partial charge on any atom is -0.375 e. The summed E-state index contributed by atoms with van der Waals surface area (Å²) in [4.78, 5) is 0. The fourth-order valence-electron chi connectivity index (χ4n) is 0.974. The highest BCUT2D eigenvalue weighted by Gasteiger charge is 2.04. The molecule has 80 valence electrons. The van der Waals surface area contributed by atoms with E-state index in [1.165, 1.54) is 0 Å². The van der Waals surface area contributed by atoms with Gasteiger partial charge in [0.2, 0.25) is 0 Å². The van der Waals surface area contributed by atoms with E-state index in [-0.39, 0.29) is 5.11 Å². The first kappa shape index (κ1) is 12.2. The summed E-state index contributed by atoms with van der Waals surface area (Å²) in [6.07, 6.45) is 0. The number of benzene rings is 1. The number of rotatable bonds is 2. The maximum absolute atomic E-state index is 5.98. The van der Waals surface area contributed by atoms with Gasteiger partial charge in [0.05, 0.1) is 5.71 Å². The van der Waals surface area contributed by atoms with Gasteiger partial charge in [-0.05, 0) is 37.3 Å². The zero-order valence-corrected chi connectivity index (χ0v) is 10.2. The second kappa shape index (κ2) is 5.30. The van der Waals surface area contributed by atoms with Crippen molar-refractivity contribution in [2.24, 2.45) is 10.8 Å². The molecule has 3 N–H and O–H groups in total. The molecule has 0 aliphatic carbocycles. The summed E-state index contributed by atoms with van der Waals surface area (Å²) >= 11 is 16.4. The minimum atomic E-state index is 0.104. The topological polar surface area (TPSA) is 50.4 Å². The second-order valence-corrected chi connectivity index (χ2v) is 4.08. The lowest BCUT2D eigenvalue weighted by Gasteiger charge is -2.04. The SMILES string of the molecule is CC(=NNC(N)=S)c1cc(Cl)ccc1Cl. The molecule has 1 aromatic rings. The highest BCUT2D eigenvalue weighted by Crippen LogP contribution is 2.21. The molecule has 6 heteroatoms. The lowest BCUT2D eigenvalue weighted by molar-refractivity contribution is 1.03. The van der Waals surface area contributed by atoms with E-state index in [1.54, 1.807) is 25.1 Å². The third kappa shape index (κ3) is 3.66. The highest BCUT2D eigenvalue weighted by molar-refractivity contribution is 7.80. The maximum Gasteiger partial charge on any atom is 0.184 e. The Bertz CT molecular complexity index is 418. The third-order valence-electron chi connectivity index (χ3n) is 1.65. The molecule has 0 aliphatic heterocycles. The number of nitrogens with zero attached hydrogens (tertiary/aromatic N) is 1. The first-order valence-corrected chi connectivity index (χ1v) is 5.22. The molecule has 1 aromatic carbocycles. The lowest BCUT2D eigenvalue weighted by Crippen LogP contribution is -2.25. The van der Waals surface area contributed by atoms with E-state index in [4.69, 9.17) is 28.9 Å². The Labute approximate surface area is 103 Å². The summed E-state index contributed by atoms with van der Waals surface area (Å²) in [7, 11) is 0. The molecule has 0 heterocycles. The quantitative estimate of drug-likeness (QED) is 0.489. The Morgan fingerprint density at radius 3 is 2.73 bits per heavy atom. The van der Waals surface area contributed by atoms with Crippen molar-refractivity contribution >= 4 is 46.2 Å². The van der Waals surface area contributed by atoms with E-state index in [1.807, 2.05) is 0 Å². The van der Waals surface area contributed by atoms with E-state index in [9.17, 15) is 0 Å². The predicted octanol–water partition coefficient (Wildman–Crippen LogP) is 2.55. The number of hydrazone groups is 1. The molecule has 3 nitrogen and oxygen atoms in total. The van der Waals surface area contributed by atoms with Crippen molar-refractivity contribution in [2.45, 2.75) is 6.92 Å². The smallest absolute Gasteiger partial charge is 0.184 e. The molecule has 0 atom stereocenters. The molecule has 0 unspecified atom stereocenters. The fraction of sp³-hybridized carbons (Fsp3) is 0.111. The van der Waals surface area contributed by atoms with Crippen molar-refractivity contribution in [3.05, 3.63) is 33.8 Å². The molecule has 0 aliphatic rings. The molecule has 1 rings (SSSR count). The third-order valence-corrected chi connectivity index (χ3v) is 2.31. The van der Waals surface area contributed by atoms with Crippen LogP contribution in [0, 0.1) is 0 Å². The van der Waals surface area contributed by atoms with Crippen LogP contribution in [0.25, 0.3) is 0 Å². The van der Waals surface area contributed by atoms with Crippen molar-refractivity contribution in [3.63, 3.8) is 0 Å². The van der Waals surface area contributed by atoms with Crippen LogP contribution >= 0.6 is 35.4 Å². The van der Waals surface area contributed by atoms with Gasteiger partial charge in [0, 0.05) is 15.6 Å². The monoisotopic (exact) mass is 261 g/mol. The molecule has 0 radical (unpaired) electrons. The number of nitrogens with one attached hydrogen (secondary N) is 1. The van der Waals surface area contributed by atoms with Crippen LogP contribution in [0.15, 0.2) is 23.3 Å². The van der Waals surface area contributed by atoms with E-state index in [0.717, 1.165) is 5.56 Å². The number of hydrogen-bond acceptors (Lipinski definition) is 2. The predicted molar refractivity (Wildman–Crippen MR) is 68.6 cm³/mol.